The Kier molecular flexibility index (Phi) is 5.07. The van der Waals surface area contributed by atoms with Crippen LogP contribution in [0.4, 0.5) is 8.78 Å². The van der Waals surface area contributed by atoms with E-state index in [0.717, 1.165) is 23.4 Å². The maximum absolute atomic E-state index is 13.9. The van der Waals surface area contributed by atoms with Crippen LogP contribution < -0.4 is 0 Å². The van der Waals surface area contributed by atoms with Crippen LogP contribution in [0.2, 0.25) is 0 Å². The molecule has 1 aromatic heterocycles. The fraction of sp³-hybridized carbons (Fsp3) is 0.444. The van der Waals surface area contributed by atoms with Crippen LogP contribution in [-0.4, -0.2) is 47.6 Å². The molecule has 2 aromatic rings. The molecule has 1 aliphatic rings. The van der Waals surface area contributed by atoms with E-state index in [9.17, 15) is 22.0 Å². The molecule has 1 aliphatic heterocycles. The van der Waals surface area contributed by atoms with Crippen LogP contribution in [0.15, 0.2) is 18.2 Å². The molecular formula is C18H21F2N3O3S. The van der Waals surface area contributed by atoms with E-state index >= 15 is 0 Å². The summed E-state index contributed by atoms with van der Waals surface area (Å²) in [5, 5.41) is 4.46. The maximum atomic E-state index is 13.9. The van der Waals surface area contributed by atoms with E-state index in [4.69, 9.17) is 0 Å². The molecule has 1 saturated heterocycles. The Morgan fingerprint density at radius 3 is 2.63 bits per heavy atom. The van der Waals surface area contributed by atoms with Crippen LogP contribution >= 0.6 is 0 Å². The third-order valence-corrected chi connectivity index (χ3v) is 6.68. The first kappa shape index (κ1) is 19.5. The highest BCUT2D eigenvalue weighted by Crippen LogP contribution is 2.27. The number of hydrogen-bond donors (Lipinski definition) is 0. The summed E-state index contributed by atoms with van der Waals surface area (Å²) in [7, 11) is -1.51. The first-order valence-corrected chi connectivity index (χ1v) is 10.4. The second-order valence-electron chi connectivity index (χ2n) is 6.94. The first-order chi connectivity index (χ1) is 12.6. The second-order valence-corrected chi connectivity index (χ2v) is 9.16. The predicted octanol–water partition coefficient (Wildman–Crippen LogP) is 2.41. The van der Waals surface area contributed by atoms with Crippen LogP contribution in [0.3, 0.4) is 0 Å². The van der Waals surface area contributed by atoms with Gasteiger partial charge in [-0.15, -0.1) is 0 Å². The van der Waals surface area contributed by atoms with Crippen molar-refractivity contribution in [1.29, 1.82) is 0 Å². The van der Waals surface area contributed by atoms with Gasteiger partial charge in [0.25, 0.3) is 5.91 Å². The number of nitrogens with zero attached hydrogens (tertiary/aromatic N) is 3. The van der Waals surface area contributed by atoms with Crippen molar-refractivity contribution in [3.05, 3.63) is 52.3 Å². The number of aromatic nitrogens is 2. The van der Waals surface area contributed by atoms with Crippen molar-refractivity contribution in [3.63, 3.8) is 0 Å². The van der Waals surface area contributed by atoms with E-state index in [1.54, 1.807) is 11.6 Å². The molecule has 2 heterocycles. The highest BCUT2D eigenvalue weighted by molar-refractivity contribution is 7.91. The fourth-order valence-corrected chi connectivity index (χ4v) is 5.12. The molecule has 1 amide bonds. The molecule has 9 heteroatoms. The average Bonchev–Trinajstić information content (AvgIpc) is 3.07. The Morgan fingerprint density at radius 1 is 1.33 bits per heavy atom. The third-order valence-electron chi connectivity index (χ3n) is 4.93. The van der Waals surface area contributed by atoms with Crippen LogP contribution in [-0.2, 0) is 16.4 Å². The smallest absolute Gasteiger partial charge is 0.256 e. The summed E-state index contributed by atoms with van der Waals surface area (Å²) in [5.74, 6) is -2.02. The molecule has 3 rings (SSSR count). The van der Waals surface area contributed by atoms with Crippen molar-refractivity contribution in [2.75, 3.05) is 18.6 Å². The number of benzene rings is 1. The monoisotopic (exact) mass is 397 g/mol. The summed E-state index contributed by atoms with van der Waals surface area (Å²) in [6, 6.07) is 2.63. The average molecular weight is 397 g/mol. The van der Waals surface area contributed by atoms with Crippen LogP contribution in [0.25, 0.3) is 0 Å². The number of sulfone groups is 1. The molecule has 0 aliphatic carbocycles. The molecule has 0 saturated carbocycles. The Labute approximate surface area is 156 Å². The second kappa shape index (κ2) is 7.03. The van der Waals surface area contributed by atoms with E-state index in [1.165, 1.54) is 11.9 Å². The van der Waals surface area contributed by atoms with Crippen molar-refractivity contribution in [3.8, 4) is 0 Å². The van der Waals surface area contributed by atoms with Gasteiger partial charge >= 0.3 is 0 Å². The fourth-order valence-electron chi connectivity index (χ4n) is 3.43. The zero-order chi connectivity index (χ0) is 19.9. The summed E-state index contributed by atoms with van der Waals surface area (Å²) in [6.07, 6.45) is 0.513. The number of rotatable bonds is 4. The minimum absolute atomic E-state index is 0.0595. The Morgan fingerprint density at radius 2 is 2.04 bits per heavy atom. The summed E-state index contributed by atoms with van der Waals surface area (Å²) in [4.78, 5) is 13.8. The van der Waals surface area contributed by atoms with Gasteiger partial charge in [-0.1, -0.05) is 0 Å². The highest BCUT2D eigenvalue weighted by atomic mass is 32.2. The lowest BCUT2D eigenvalue weighted by Crippen LogP contribution is -2.27. The highest BCUT2D eigenvalue weighted by Gasteiger charge is 2.31. The van der Waals surface area contributed by atoms with Crippen LogP contribution in [0.5, 0.6) is 0 Å². The maximum Gasteiger partial charge on any atom is 0.256 e. The zero-order valence-corrected chi connectivity index (χ0v) is 16.2. The first-order valence-electron chi connectivity index (χ1n) is 8.54. The summed E-state index contributed by atoms with van der Waals surface area (Å²) in [5.41, 5.74) is 2.06. The molecule has 1 atom stereocenters. The van der Waals surface area contributed by atoms with E-state index in [-0.39, 0.29) is 29.7 Å². The normalized spacial score (nSPS) is 18.6. The van der Waals surface area contributed by atoms with E-state index < -0.39 is 27.4 Å². The molecule has 1 fully saturated rings. The molecule has 0 N–H and O–H groups in total. The largest absolute Gasteiger partial charge is 0.337 e. The Hall–Kier alpha value is -2.29. The number of carbonyl (C=O) groups is 1. The minimum Gasteiger partial charge on any atom is -0.337 e. The van der Waals surface area contributed by atoms with Gasteiger partial charge in [0.1, 0.15) is 11.6 Å². The SMILES string of the molecule is Cc1nn([C@@H]2CCS(=O)(=O)C2)c(C)c1CN(C)C(=O)c1ccc(F)cc1F. The molecule has 27 heavy (non-hydrogen) atoms. The van der Waals surface area contributed by atoms with Gasteiger partial charge in [-0.3, -0.25) is 9.48 Å². The predicted molar refractivity (Wildman–Crippen MR) is 96.2 cm³/mol. The molecule has 1 aromatic carbocycles. The van der Waals surface area contributed by atoms with Crippen LogP contribution in [0, 0.1) is 25.5 Å². The minimum atomic E-state index is -3.04. The van der Waals surface area contributed by atoms with E-state index in [1.807, 2.05) is 6.92 Å². The summed E-state index contributed by atoms with van der Waals surface area (Å²) in [6.45, 7) is 3.81. The quantitative estimate of drug-likeness (QED) is 0.794. The number of halogens is 2. The van der Waals surface area contributed by atoms with Gasteiger partial charge in [-0.25, -0.2) is 17.2 Å². The van der Waals surface area contributed by atoms with Gasteiger partial charge in [-0.2, -0.15) is 5.10 Å². The van der Waals surface area contributed by atoms with Gasteiger partial charge in [0.15, 0.2) is 9.84 Å². The topological polar surface area (TPSA) is 72.3 Å². The van der Waals surface area contributed by atoms with Crippen molar-refractivity contribution < 1.29 is 22.0 Å². The number of aryl methyl sites for hydroxylation is 1. The third kappa shape index (κ3) is 3.87. The molecule has 146 valence electrons. The number of amides is 1. The van der Waals surface area contributed by atoms with E-state index in [0.29, 0.717) is 18.2 Å². The summed E-state index contributed by atoms with van der Waals surface area (Å²) >= 11 is 0. The standard InChI is InChI=1S/C18H21F2N3O3S/c1-11-16(12(2)23(21-11)14-6-7-27(25,26)10-14)9-22(3)18(24)15-5-4-13(19)8-17(15)20/h4-5,8,14H,6-7,9-10H2,1-3H3/t14-/m1/s1. The van der Waals surface area contributed by atoms with Gasteiger partial charge in [0.05, 0.1) is 28.8 Å². The molecule has 0 unspecified atom stereocenters. The van der Waals surface area contributed by atoms with Crippen molar-refractivity contribution in [2.24, 2.45) is 0 Å². The van der Waals surface area contributed by atoms with Gasteiger partial charge in [0, 0.05) is 30.9 Å². The Bertz CT molecular complexity index is 1000. The zero-order valence-electron chi connectivity index (χ0n) is 15.4. The Balaban J connectivity index is 1.82. The molecule has 6 nitrogen and oxygen atoms in total. The van der Waals surface area contributed by atoms with Crippen molar-refractivity contribution in [1.82, 2.24) is 14.7 Å². The lowest BCUT2D eigenvalue weighted by atomic mass is 10.1. The molecular weight excluding hydrogens is 376 g/mol. The van der Waals surface area contributed by atoms with Crippen molar-refractivity contribution in [2.45, 2.75) is 32.9 Å². The molecule has 0 bridgehead atoms. The van der Waals surface area contributed by atoms with Gasteiger partial charge < -0.3 is 4.90 Å². The lowest BCUT2D eigenvalue weighted by molar-refractivity contribution is 0.0780. The molecule has 0 spiro atoms. The molecule has 0 radical (unpaired) electrons. The van der Waals surface area contributed by atoms with Crippen molar-refractivity contribution >= 4 is 15.7 Å². The number of hydrogen-bond acceptors (Lipinski definition) is 4. The van der Waals surface area contributed by atoms with Gasteiger partial charge in [0.2, 0.25) is 0 Å². The lowest BCUT2D eigenvalue weighted by Gasteiger charge is -2.18. The summed E-state index contributed by atoms with van der Waals surface area (Å²) < 4.78 is 52.1. The van der Waals surface area contributed by atoms with Crippen LogP contribution in [0.1, 0.15) is 39.8 Å². The van der Waals surface area contributed by atoms with E-state index in [2.05, 4.69) is 5.10 Å². The number of carbonyl (C=O) groups excluding carboxylic acids is 1. The van der Waals surface area contributed by atoms with Gasteiger partial charge in [-0.05, 0) is 32.4 Å².